The first-order valence-corrected chi connectivity index (χ1v) is 11.2. The summed E-state index contributed by atoms with van der Waals surface area (Å²) in [7, 11) is 0. The molecule has 1 heterocycles. The van der Waals surface area contributed by atoms with E-state index < -0.39 is 0 Å². The molecule has 0 saturated carbocycles. The van der Waals surface area contributed by atoms with E-state index in [-0.39, 0.29) is 5.75 Å². The van der Waals surface area contributed by atoms with Gasteiger partial charge in [-0.1, -0.05) is 77.8 Å². The van der Waals surface area contributed by atoms with Gasteiger partial charge in [-0.2, -0.15) is 0 Å². The highest BCUT2D eigenvalue weighted by atomic mass is 35.5. The third kappa shape index (κ3) is 4.63. The molecular weight excluding hydrogens is 453 g/mol. The maximum absolute atomic E-state index is 10.5. The fourth-order valence-electron chi connectivity index (χ4n) is 3.74. The normalized spacial score (nSPS) is 11.0. The van der Waals surface area contributed by atoms with Crippen LogP contribution in [0.5, 0.6) is 5.75 Å². The summed E-state index contributed by atoms with van der Waals surface area (Å²) >= 11 is 12.1. The Morgan fingerprint density at radius 1 is 0.697 bits per heavy atom. The summed E-state index contributed by atoms with van der Waals surface area (Å²) in [5.41, 5.74) is 4.16. The number of rotatable bonds is 5. The van der Waals surface area contributed by atoms with Gasteiger partial charge in [0.2, 0.25) is 5.95 Å². The van der Waals surface area contributed by atoms with Crippen molar-refractivity contribution in [2.45, 2.75) is 6.54 Å². The van der Waals surface area contributed by atoms with Crippen LogP contribution in [-0.4, -0.2) is 15.1 Å². The Kier molecular flexibility index (Phi) is 5.86. The van der Waals surface area contributed by atoms with Gasteiger partial charge in [0.25, 0.3) is 0 Å². The highest BCUT2D eigenvalue weighted by Gasteiger charge is 2.11. The maximum atomic E-state index is 10.5. The van der Waals surface area contributed by atoms with Gasteiger partial charge < -0.3 is 10.4 Å². The van der Waals surface area contributed by atoms with Crippen LogP contribution in [0.15, 0.2) is 91.0 Å². The zero-order valence-electron chi connectivity index (χ0n) is 17.5. The maximum Gasteiger partial charge on any atom is 0.224 e. The predicted molar refractivity (Wildman–Crippen MR) is 136 cm³/mol. The largest absolute Gasteiger partial charge is 0.508 e. The van der Waals surface area contributed by atoms with Crippen LogP contribution < -0.4 is 5.32 Å². The quantitative estimate of drug-likeness (QED) is 0.277. The molecule has 0 aliphatic rings. The van der Waals surface area contributed by atoms with Crippen molar-refractivity contribution in [2.75, 3.05) is 5.32 Å². The number of hydrogen-bond acceptors (Lipinski definition) is 4. The summed E-state index contributed by atoms with van der Waals surface area (Å²) in [4.78, 5) is 9.46. The van der Waals surface area contributed by atoms with Gasteiger partial charge in [-0.3, -0.25) is 0 Å². The molecule has 0 spiro atoms. The zero-order chi connectivity index (χ0) is 22.8. The number of phenolic OH excluding ortho intramolecular Hbond substituents is 1. The van der Waals surface area contributed by atoms with E-state index in [0.717, 1.165) is 38.9 Å². The third-order valence-electron chi connectivity index (χ3n) is 5.45. The number of benzene rings is 4. The molecule has 0 aliphatic carbocycles. The first-order valence-electron chi connectivity index (χ1n) is 10.4. The fourth-order valence-corrected chi connectivity index (χ4v) is 3.99. The van der Waals surface area contributed by atoms with Gasteiger partial charge >= 0.3 is 0 Å². The van der Waals surface area contributed by atoms with Crippen molar-refractivity contribution in [3.8, 4) is 28.3 Å². The Labute approximate surface area is 201 Å². The second-order valence-corrected chi connectivity index (χ2v) is 8.49. The van der Waals surface area contributed by atoms with E-state index in [4.69, 9.17) is 33.2 Å². The second kappa shape index (κ2) is 9.10. The first-order chi connectivity index (χ1) is 16.1. The average Bonchev–Trinajstić information content (AvgIpc) is 2.84. The number of fused-ring (bicyclic) bond motifs is 1. The van der Waals surface area contributed by atoms with Crippen molar-refractivity contribution in [3.05, 3.63) is 107 Å². The number of anilines is 1. The monoisotopic (exact) mass is 471 g/mol. The van der Waals surface area contributed by atoms with Gasteiger partial charge in [0.1, 0.15) is 5.75 Å². The number of halogens is 2. The summed E-state index contributed by atoms with van der Waals surface area (Å²) in [6.45, 7) is 0.372. The van der Waals surface area contributed by atoms with Crippen molar-refractivity contribution in [3.63, 3.8) is 0 Å². The molecule has 6 heteroatoms. The van der Waals surface area contributed by atoms with Crippen LogP contribution >= 0.6 is 23.2 Å². The summed E-state index contributed by atoms with van der Waals surface area (Å²) in [6, 6.07) is 28.6. The van der Waals surface area contributed by atoms with E-state index in [2.05, 4.69) is 5.32 Å². The molecule has 4 nitrogen and oxygen atoms in total. The van der Waals surface area contributed by atoms with Crippen molar-refractivity contribution in [2.24, 2.45) is 0 Å². The molecule has 0 saturated heterocycles. The molecule has 5 rings (SSSR count). The van der Waals surface area contributed by atoms with Gasteiger partial charge in [0.05, 0.1) is 11.4 Å². The Morgan fingerprint density at radius 3 is 1.88 bits per heavy atom. The number of phenols is 1. The van der Waals surface area contributed by atoms with Gasteiger partial charge in [0, 0.05) is 33.3 Å². The molecule has 1 aromatic heterocycles. The number of aromatic hydroxyl groups is 1. The average molecular weight is 472 g/mol. The molecule has 0 fully saturated rings. The number of nitrogens with one attached hydrogen (secondary N) is 1. The predicted octanol–water partition coefficient (Wildman–Crippen LogP) is 7.59. The molecule has 5 aromatic rings. The molecule has 162 valence electrons. The standard InChI is InChI=1S/C27H19Cl2N3O/c28-20-10-5-18(6-11-20)24-15-25(19-7-12-21(29)13-8-19)32-27(31-24)30-16-23-22-4-2-1-3-17(22)9-14-26(23)33/h1-15,33H,16H2,(H,30,31,32). The minimum Gasteiger partial charge on any atom is -0.508 e. The molecule has 0 bridgehead atoms. The summed E-state index contributed by atoms with van der Waals surface area (Å²) in [5, 5.41) is 17.2. The SMILES string of the molecule is Oc1ccc2ccccc2c1CNc1nc(-c2ccc(Cl)cc2)cc(-c2ccc(Cl)cc2)n1. The first kappa shape index (κ1) is 21.3. The van der Waals surface area contributed by atoms with Crippen molar-refractivity contribution in [1.29, 1.82) is 0 Å². The van der Waals surface area contributed by atoms with Crippen LogP contribution in [0.1, 0.15) is 5.56 Å². The van der Waals surface area contributed by atoms with Crippen LogP contribution in [0.2, 0.25) is 10.0 Å². The number of nitrogens with zero attached hydrogens (tertiary/aromatic N) is 2. The smallest absolute Gasteiger partial charge is 0.224 e. The Morgan fingerprint density at radius 2 is 1.27 bits per heavy atom. The van der Waals surface area contributed by atoms with Crippen LogP contribution in [0.3, 0.4) is 0 Å². The molecule has 2 N–H and O–H groups in total. The van der Waals surface area contributed by atoms with E-state index in [1.165, 1.54) is 0 Å². The lowest BCUT2D eigenvalue weighted by molar-refractivity contribution is 0.470. The number of hydrogen-bond donors (Lipinski definition) is 2. The van der Waals surface area contributed by atoms with E-state index in [9.17, 15) is 5.11 Å². The minimum atomic E-state index is 0.230. The summed E-state index contributed by atoms with van der Waals surface area (Å²) in [5.74, 6) is 0.688. The van der Waals surface area contributed by atoms with Gasteiger partial charge in [-0.05, 0) is 47.2 Å². The van der Waals surface area contributed by atoms with E-state index >= 15 is 0 Å². The highest BCUT2D eigenvalue weighted by molar-refractivity contribution is 6.30. The number of aromatic nitrogens is 2. The zero-order valence-corrected chi connectivity index (χ0v) is 19.0. The van der Waals surface area contributed by atoms with E-state index in [1.807, 2.05) is 84.9 Å². The molecule has 0 amide bonds. The lowest BCUT2D eigenvalue weighted by Crippen LogP contribution is -2.06. The molecule has 0 aliphatic heterocycles. The molecule has 33 heavy (non-hydrogen) atoms. The van der Waals surface area contributed by atoms with E-state index in [0.29, 0.717) is 22.5 Å². The minimum absolute atomic E-state index is 0.230. The highest BCUT2D eigenvalue weighted by Crippen LogP contribution is 2.30. The van der Waals surface area contributed by atoms with Gasteiger partial charge in [-0.25, -0.2) is 9.97 Å². The topological polar surface area (TPSA) is 58.0 Å². The molecule has 0 unspecified atom stereocenters. The van der Waals surface area contributed by atoms with Crippen molar-refractivity contribution < 1.29 is 5.11 Å². The lowest BCUT2D eigenvalue weighted by Gasteiger charge is -2.13. The summed E-state index contributed by atoms with van der Waals surface area (Å²) in [6.07, 6.45) is 0. The van der Waals surface area contributed by atoms with Crippen molar-refractivity contribution >= 4 is 39.9 Å². The molecule has 0 atom stereocenters. The van der Waals surface area contributed by atoms with Crippen LogP contribution in [0.4, 0.5) is 5.95 Å². The third-order valence-corrected chi connectivity index (χ3v) is 5.95. The fraction of sp³-hybridized carbons (Fsp3) is 0.0370. The van der Waals surface area contributed by atoms with Crippen LogP contribution in [0, 0.1) is 0 Å². The summed E-state index contributed by atoms with van der Waals surface area (Å²) < 4.78 is 0. The Balaban J connectivity index is 1.55. The van der Waals surface area contributed by atoms with Crippen LogP contribution in [-0.2, 0) is 6.54 Å². The van der Waals surface area contributed by atoms with Gasteiger partial charge in [-0.15, -0.1) is 0 Å². The molecule has 0 radical (unpaired) electrons. The van der Waals surface area contributed by atoms with Crippen LogP contribution in [0.25, 0.3) is 33.3 Å². The van der Waals surface area contributed by atoms with Crippen molar-refractivity contribution in [1.82, 2.24) is 9.97 Å². The van der Waals surface area contributed by atoms with E-state index in [1.54, 1.807) is 6.07 Å². The second-order valence-electron chi connectivity index (χ2n) is 7.61. The Hall–Kier alpha value is -3.60. The Bertz CT molecular complexity index is 1370. The van der Waals surface area contributed by atoms with Gasteiger partial charge in [0.15, 0.2) is 0 Å². The lowest BCUT2D eigenvalue weighted by atomic mass is 10.0. The molecular formula is C27H19Cl2N3O. The molecule has 4 aromatic carbocycles.